The SMILES string of the molecule is CS(=O)(=O)c1cc(F)cc2c1c(Cc1c(Cl)cccc1Cl)c1n2CCC1CC(=O)O. The van der Waals surface area contributed by atoms with Crippen LogP contribution in [0, 0.1) is 5.82 Å². The standard InChI is InChI=1S/C21H18Cl2FNO4S/c1-30(28,29)18-9-12(24)8-17-20(18)14(10-13-15(22)3-2-4-16(13)23)21-11(7-19(26)27)5-6-25(17)21/h2-4,8-9,11H,5-7,10H2,1H3,(H,26,27). The van der Waals surface area contributed by atoms with Crippen LogP contribution in [0.4, 0.5) is 4.39 Å². The number of hydrogen-bond donors (Lipinski definition) is 1. The van der Waals surface area contributed by atoms with Crippen LogP contribution in [0.25, 0.3) is 10.9 Å². The second-order valence-electron chi connectivity index (χ2n) is 7.55. The summed E-state index contributed by atoms with van der Waals surface area (Å²) in [5, 5.41) is 10.6. The molecule has 0 bridgehead atoms. The lowest BCUT2D eigenvalue weighted by Crippen LogP contribution is -2.07. The number of halogens is 3. The van der Waals surface area contributed by atoms with Crippen molar-refractivity contribution in [2.45, 2.75) is 36.6 Å². The highest BCUT2D eigenvalue weighted by atomic mass is 35.5. The second-order valence-corrected chi connectivity index (χ2v) is 10.3. The number of carboxylic acids is 1. The maximum absolute atomic E-state index is 14.4. The van der Waals surface area contributed by atoms with Crippen molar-refractivity contribution in [2.75, 3.05) is 6.26 Å². The molecule has 0 amide bonds. The third kappa shape index (κ3) is 3.59. The first-order valence-electron chi connectivity index (χ1n) is 9.27. The van der Waals surface area contributed by atoms with Crippen LogP contribution < -0.4 is 0 Å². The Morgan fingerprint density at radius 3 is 2.50 bits per heavy atom. The minimum absolute atomic E-state index is 0.101. The van der Waals surface area contributed by atoms with Gasteiger partial charge in [0.2, 0.25) is 0 Å². The van der Waals surface area contributed by atoms with Gasteiger partial charge in [-0.25, -0.2) is 12.8 Å². The van der Waals surface area contributed by atoms with Crippen molar-refractivity contribution in [3.63, 3.8) is 0 Å². The van der Waals surface area contributed by atoms with Gasteiger partial charge < -0.3 is 9.67 Å². The first-order valence-corrected chi connectivity index (χ1v) is 11.9. The van der Waals surface area contributed by atoms with E-state index >= 15 is 0 Å². The lowest BCUT2D eigenvalue weighted by molar-refractivity contribution is -0.137. The van der Waals surface area contributed by atoms with E-state index < -0.39 is 21.6 Å². The Morgan fingerprint density at radius 1 is 1.23 bits per heavy atom. The van der Waals surface area contributed by atoms with Crippen molar-refractivity contribution in [1.29, 1.82) is 0 Å². The first kappa shape index (κ1) is 21.2. The summed E-state index contributed by atoms with van der Waals surface area (Å²) in [5.74, 6) is -1.93. The molecule has 2 heterocycles. The van der Waals surface area contributed by atoms with E-state index in [1.807, 2.05) is 4.57 Å². The maximum atomic E-state index is 14.4. The summed E-state index contributed by atoms with van der Waals surface area (Å²) in [6.07, 6.45) is 1.72. The minimum atomic E-state index is -3.75. The number of fused-ring (bicyclic) bond motifs is 3. The Hall–Kier alpha value is -2.09. The van der Waals surface area contributed by atoms with Gasteiger partial charge in [0.25, 0.3) is 0 Å². The number of aryl methyl sites for hydroxylation is 1. The Bertz CT molecular complexity index is 1280. The molecule has 158 valence electrons. The van der Waals surface area contributed by atoms with Crippen molar-refractivity contribution >= 4 is 49.9 Å². The number of nitrogens with zero attached hydrogens (tertiary/aromatic N) is 1. The Balaban J connectivity index is 2.07. The predicted octanol–water partition coefficient (Wildman–Crippen LogP) is 5.04. The van der Waals surface area contributed by atoms with E-state index in [-0.39, 0.29) is 23.7 Å². The lowest BCUT2D eigenvalue weighted by atomic mass is 9.92. The predicted molar refractivity (Wildman–Crippen MR) is 114 cm³/mol. The lowest BCUT2D eigenvalue weighted by Gasteiger charge is -2.13. The fourth-order valence-corrected chi connectivity index (χ4v) is 5.85. The number of sulfone groups is 1. The molecule has 0 aliphatic carbocycles. The molecule has 0 spiro atoms. The average Bonchev–Trinajstić information content (AvgIpc) is 3.16. The number of aromatic nitrogens is 1. The van der Waals surface area contributed by atoms with Crippen molar-refractivity contribution in [2.24, 2.45) is 0 Å². The zero-order valence-electron chi connectivity index (χ0n) is 16.0. The van der Waals surface area contributed by atoms with Crippen LogP contribution in [0.3, 0.4) is 0 Å². The van der Waals surface area contributed by atoms with Crippen molar-refractivity contribution in [3.8, 4) is 0 Å². The maximum Gasteiger partial charge on any atom is 0.304 e. The molecular formula is C21H18Cl2FNO4S. The molecule has 1 aliphatic heterocycles. The molecule has 30 heavy (non-hydrogen) atoms. The van der Waals surface area contributed by atoms with E-state index in [0.29, 0.717) is 50.7 Å². The van der Waals surface area contributed by atoms with E-state index in [9.17, 15) is 22.7 Å². The molecule has 4 rings (SSSR count). The van der Waals surface area contributed by atoms with Crippen LogP contribution in [0.5, 0.6) is 0 Å². The molecule has 5 nitrogen and oxygen atoms in total. The Morgan fingerprint density at radius 2 is 1.90 bits per heavy atom. The number of carbonyl (C=O) groups is 1. The summed E-state index contributed by atoms with van der Waals surface area (Å²) in [6, 6.07) is 7.40. The molecule has 0 saturated carbocycles. The Kier molecular flexibility index (Phi) is 5.33. The van der Waals surface area contributed by atoms with E-state index in [1.165, 1.54) is 6.07 Å². The molecule has 9 heteroatoms. The first-order chi connectivity index (χ1) is 14.1. The molecule has 1 unspecified atom stereocenters. The van der Waals surface area contributed by atoms with Crippen LogP contribution in [0.2, 0.25) is 10.0 Å². The third-order valence-corrected chi connectivity index (χ3v) is 7.39. The van der Waals surface area contributed by atoms with E-state index in [1.54, 1.807) is 18.2 Å². The fraction of sp³-hybridized carbons (Fsp3) is 0.286. The number of rotatable bonds is 5. The van der Waals surface area contributed by atoms with Gasteiger partial charge in [0.15, 0.2) is 9.84 Å². The third-order valence-electron chi connectivity index (χ3n) is 5.56. The van der Waals surface area contributed by atoms with Gasteiger partial charge in [-0.1, -0.05) is 29.3 Å². The molecule has 1 aromatic heterocycles. The van der Waals surface area contributed by atoms with Crippen molar-refractivity contribution < 1.29 is 22.7 Å². The van der Waals surface area contributed by atoms with Gasteiger partial charge in [0.1, 0.15) is 5.82 Å². The zero-order chi connectivity index (χ0) is 21.8. The monoisotopic (exact) mass is 469 g/mol. The number of carboxylic acid groups (broad SMARTS) is 1. The van der Waals surface area contributed by atoms with Gasteiger partial charge in [0.05, 0.1) is 16.8 Å². The second kappa shape index (κ2) is 7.55. The van der Waals surface area contributed by atoms with Gasteiger partial charge in [-0.15, -0.1) is 0 Å². The molecule has 0 radical (unpaired) electrons. The van der Waals surface area contributed by atoms with Crippen LogP contribution in [-0.2, 0) is 27.6 Å². The molecule has 0 saturated heterocycles. The molecule has 1 N–H and O–H groups in total. The van der Waals surface area contributed by atoms with Crippen LogP contribution in [0.15, 0.2) is 35.2 Å². The van der Waals surface area contributed by atoms with Crippen molar-refractivity contribution in [1.82, 2.24) is 4.57 Å². The summed E-state index contributed by atoms with van der Waals surface area (Å²) in [6.45, 7) is 0.479. The normalized spacial score (nSPS) is 16.2. The quantitative estimate of drug-likeness (QED) is 0.567. The number of aliphatic carboxylic acids is 1. The van der Waals surface area contributed by atoms with E-state index in [2.05, 4.69) is 0 Å². The highest BCUT2D eigenvalue weighted by molar-refractivity contribution is 7.91. The van der Waals surface area contributed by atoms with Crippen molar-refractivity contribution in [3.05, 3.63) is 63.0 Å². The summed E-state index contributed by atoms with van der Waals surface area (Å²) in [7, 11) is -3.75. The van der Waals surface area contributed by atoms with Gasteiger partial charge in [-0.05, 0) is 41.8 Å². The Labute approximate surface area is 182 Å². The highest BCUT2D eigenvalue weighted by Crippen LogP contribution is 2.44. The molecular weight excluding hydrogens is 452 g/mol. The smallest absolute Gasteiger partial charge is 0.304 e. The fourth-order valence-electron chi connectivity index (χ4n) is 4.39. The van der Waals surface area contributed by atoms with E-state index in [0.717, 1.165) is 12.3 Å². The van der Waals surface area contributed by atoms with E-state index in [4.69, 9.17) is 23.2 Å². The highest BCUT2D eigenvalue weighted by Gasteiger charge is 2.33. The van der Waals surface area contributed by atoms with Gasteiger partial charge in [-0.3, -0.25) is 4.79 Å². The number of hydrogen-bond acceptors (Lipinski definition) is 3. The topological polar surface area (TPSA) is 76.4 Å². The largest absolute Gasteiger partial charge is 0.481 e. The summed E-state index contributed by atoms with van der Waals surface area (Å²) < 4.78 is 41.2. The van der Waals surface area contributed by atoms with Gasteiger partial charge >= 0.3 is 5.97 Å². The molecule has 1 aliphatic rings. The van der Waals surface area contributed by atoms with Crippen LogP contribution >= 0.6 is 23.2 Å². The number of benzene rings is 2. The van der Waals surface area contributed by atoms with Gasteiger partial charge in [0, 0.05) is 46.3 Å². The van der Waals surface area contributed by atoms with Gasteiger partial charge in [-0.2, -0.15) is 0 Å². The molecule has 0 fully saturated rings. The minimum Gasteiger partial charge on any atom is -0.481 e. The van der Waals surface area contributed by atoms with Crippen LogP contribution in [0.1, 0.15) is 35.6 Å². The zero-order valence-corrected chi connectivity index (χ0v) is 18.3. The van der Waals surface area contributed by atoms with Crippen LogP contribution in [-0.4, -0.2) is 30.3 Å². The molecule has 3 aromatic rings. The summed E-state index contributed by atoms with van der Waals surface area (Å²) in [5.41, 5.74) is 2.39. The molecule has 1 atom stereocenters. The molecule has 2 aromatic carbocycles. The summed E-state index contributed by atoms with van der Waals surface area (Å²) in [4.78, 5) is 11.3. The average molecular weight is 470 g/mol. The summed E-state index contributed by atoms with van der Waals surface area (Å²) >= 11 is 12.7.